The van der Waals surface area contributed by atoms with Crippen LogP contribution in [0, 0.1) is 13.8 Å². The van der Waals surface area contributed by atoms with Crippen molar-refractivity contribution in [2.24, 2.45) is 0 Å². The molecule has 1 heterocycles. The Bertz CT molecular complexity index is 491. The van der Waals surface area contributed by atoms with E-state index in [2.05, 4.69) is 17.5 Å². The monoisotopic (exact) mass is 247 g/mol. The number of rotatable bonds is 4. The number of hydrogen-bond donors (Lipinski definition) is 1. The first-order valence-electron chi connectivity index (χ1n) is 5.68. The number of ether oxygens (including phenoxy) is 1. The summed E-state index contributed by atoms with van der Waals surface area (Å²) in [5.74, 6) is 0.938. The summed E-state index contributed by atoms with van der Waals surface area (Å²) >= 11 is 1.77. The first-order chi connectivity index (χ1) is 8.16. The van der Waals surface area contributed by atoms with Gasteiger partial charge in [0.05, 0.1) is 6.61 Å². The lowest BCUT2D eigenvalue weighted by atomic mass is 10.1. The summed E-state index contributed by atoms with van der Waals surface area (Å²) in [5, 5.41) is 2.09. The van der Waals surface area contributed by atoms with E-state index in [1.54, 1.807) is 11.3 Å². The van der Waals surface area contributed by atoms with E-state index in [1.807, 2.05) is 26.0 Å². The molecular weight excluding hydrogens is 230 g/mol. The zero-order valence-corrected chi connectivity index (χ0v) is 11.0. The topological polar surface area (TPSA) is 35.2 Å². The van der Waals surface area contributed by atoms with Gasteiger partial charge in [-0.3, -0.25) is 0 Å². The summed E-state index contributed by atoms with van der Waals surface area (Å²) in [6.07, 6.45) is 0.959. The fraction of sp³-hybridized carbons (Fsp3) is 0.286. The first-order valence-corrected chi connectivity index (χ1v) is 6.56. The van der Waals surface area contributed by atoms with Gasteiger partial charge in [0.15, 0.2) is 0 Å². The van der Waals surface area contributed by atoms with E-state index < -0.39 is 0 Å². The van der Waals surface area contributed by atoms with Crippen molar-refractivity contribution in [1.82, 2.24) is 0 Å². The molecule has 2 N–H and O–H groups in total. The molecule has 0 aliphatic carbocycles. The summed E-state index contributed by atoms with van der Waals surface area (Å²) in [6, 6.07) is 8.18. The maximum absolute atomic E-state index is 5.84. The smallest absolute Gasteiger partial charge is 0.122 e. The number of hydrogen-bond acceptors (Lipinski definition) is 3. The minimum atomic E-state index is 0.713. The van der Waals surface area contributed by atoms with E-state index in [0.717, 1.165) is 29.0 Å². The molecule has 0 bridgehead atoms. The minimum absolute atomic E-state index is 0.713. The minimum Gasteiger partial charge on any atom is -0.493 e. The van der Waals surface area contributed by atoms with Gasteiger partial charge in [0, 0.05) is 17.0 Å². The van der Waals surface area contributed by atoms with Gasteiger partial charge in [-0.05, 0) is 48.6 Å². The average Bonchev–Trinajstić information content (AvgIpc) is 2.78. The maximum atomic E-state index is 5.84. The Morgan fingerprint density at radius 2 is 2.06 bits per heavy atom. The fourth-order valence-corrected chi connectivity index (χ4v) is 2.37. The lowest BCUT2D eigenvalue weighted by Crippen LogP contribution is -2.02. The number of aryl methyl sites for hydroxylation is 2. The van der Waals surface area contributed by atoms with Gasteiger partial charge in [0.1, 0.15) is 5.75 Å². The van der Waals surface area contributed by atoms with Crippen LogP contribution in [0.15, 0.2) is 29.6 Å². The highest BCUT2D eigenvalue weighted by Gasteiger charge is 2.03. The van der Waals surface area contributed by atoms with Crippen molar-refractivity contribution in [2.75, 3.05) is 12.3 Å². The van der Waals surface area contributed by atoms with Gasteiger partial charge in [0.2, 0.25) is 0 Å². The molecule has 0 unspecified atom stereocenters. The van der Waals surface area contributed by atoms with Crippen LogP contribution in [-0.4, -0.2) is 6.61 Å². The van der Waals surface area contributed by atoms with E-state index in [-0.39, 0.29) is 0 Å². The SMILES string of the molecule is Cc1cc(OCCc2cccs2)c(C)cc1N. The van der Waals surface area contributed by atoms with Gasteiger partial charge < -0.3 is 10.5 Å². The fourth-order valence-electron chi connectivity index (χ4n) is 1.68. The predicted molar refractivity (Wildman–Crippen MR) is 73.8 cm³/mol. The van der Waals surface area contributed by atoms with E-state index in [9.17, 15) is 0 Å². The Balaban J connectivity index is 1.97. The van der Waals surface area contributed by atoms with Crippen LogP contribution in [0.5, 0.6) is 5.75 Å². The molecule has 0 aliphatic heterocycles. The van der Waals surface area contributed by atoms with Crippen LogP contribution in [0.4, 0.5) is 5.69 Å². The van der Waals surface area contributed by atoms with Gasteiger partial charge in [-0.2, -0.15) is 0 Å². The summed E-state index contributed by atoms with van der Waals surface area (Å²) in [7, 11) is 0. The van der Waals surface area contributed by atoms with Gasteiger partial charge in [-0.15, -0.1) is 11.3 Å². The van der Waals surface area contributed by atoms with Gasteiger partial charge in [0.25, 0.3) is 0 Å². The highest BCUT2D eigenvalue weighted by Crippen LogP contribution is 2.24. The molecule has 0 radical (unpaired) electrons. The Labute approximate surface area is 106 Å². The third-order valence-corrected chi connectivity index (χ3v) is 3.69. The molecule has 0 fully saturated rings. The third kappa shape index (κ3) is 3.01. The number of benzene rings is 1. The standard InChI is InChI=1S/C14H17NOS/c1-10-9-14(11(2)8-13(10)15)16-6-5-12-4-3-7-17-12/h3-4,7-9H,5-6,15H2,1-2H3. The van der Waals surface area contributed by atoms with Crippen molar-refractivity contribution in [3.63, 3.8) is 0 Å². The molecule has 0 aliphatic rings. The van der Waals surface area contributed by atoms with Gasteiger partial charge in [-0.25, -0.2) is 0 Å². The van der Waals surface area contributed by atoms with E-state index in [4.69, 9.17) is 10.5 Å². The molecule has 2 rings (SSSR count). The quantitative estimate of drug-likeness (QED) is 0.838. The highest BCUT2D eigenvalue weighted by atomic mass is 32.1. The number of anilines is 1. The Morgan fingerprint density at radius 3 is 2.76 bits per heavy atom. The van der Waals surface area contributed by atoms with Crippen LogP contribution < -0.4 is 10.5 Å². The van der Waals surface area contributed by atoms with E-state index in [1.165, 1.54) is 4.88 Å². The first kappa shape index (κ1) is 12.0. The number of nitrogens with two attached hydrogens (primary N) is 1. The van der Waals surface area contributed by atoms with Crippen molar-refractivity contribution in [1.29, 1.82) is 0 Å². The lowest BCUT2D eigenvalue weighted by Gasteiger charge is -2.11. The van der Waals surface area contributed by atoms with Crippen molar-refractivity contribution in [2.45, 2.75) is 20.3 Å². The summed E-state index contributed by atoms with van der Waals surface area (Å²) in [6.45, 7) is 4.74. The molecular formula is C14H17NOS. The average molecular weight is 247 g/mol. The summed E-state index contributed by atoms with van der Waals surface area (Å²) in [4.78, 5) is 1.36. The molecule has 3 heteroatoms. The second kappa shape index (κ2) is 5.23. The number of nitrogen functional groups attached to an aromatic ring is 1. The van der Waals surface area contributed by atoms with Crippen molar-refractivity contribution in [3.8, 4) is 5.75 Å². The van der Waals surface area contributed by atoms with E-state index in [0.29, 0.717) is 6.61 Å². The van der Waals surface area contributed by atoms with Crippen LogP contribution in [0.3, 0.4) is 0 Å². The summed E-state index contributed by atoms with van der Waals surface area (Å²) in [5.41, 5.74) is 8.84. The summed E-state index contributed by atoms with van der Waals surface area (Å²) < 4.78 is 5.80. The molecule has 2 nitrogen and oxygen atoms in total. The van der Waals surface area contributed by atoms with Crippen LogP contribution in [0.1, 0.15) is 16.0 Å². The van der Waals surface area contributed by atoms with Crippen molar-refractivity contribution >= 4 is 17.0 Å². The molecule has 17 heavy (non-hydrogen) atoms. The van der Waals surface area contributed by atoms with Crippen LogP contribution in [0.25, 0.3) is 0 Å². The van der Waals surface area contributed by atoms with Crippen LogP contribution in [0.2, 0.25) is 0 Å². The Kier molecular flexibility index (Phi) is 3.69. The Morgan fingerprint density at radius 1 is 1.24 bits per heavy atom. The second-order valence-corrected chi connectivity index (χ2v) is 5.18. The molecule has 0 saturated heterocycles. The molecule has 1 aromatic carbocycles. The zero-order chi connectivity index (χ0) is 12.3. The molecule has 0 saturated carbocycles. The highest BCUT2D eigenvalue weighted by molar-refractivity contribution is 7.09. The van der Waals surface area contributed by atoms with E-state index >= 15 is 0 Å². The third-order valence-electron chi connectivity index (χ3n) is 2.75. The van der Waals surface area contributed by atoms with Crippen molar-refractivity contribution in [3.05, 3.63) is 45.6 Å². The van der Waals surface area contributed by atoms with Gasteiger partial charge >= 0.3 is 0 Å². The molecule has 90 valence electrons. The predicted octanol–water partition coefficient (Wildman–Crippen LogP) is 3.57. The molecule has 0 atom stereocenters. The van der Waals surface area contributed by atoms with Crippen LogP contribution >= 0.6 is 11.3 Å². The Hall–Kier alpha value is -1.48. The molecule has 2 aromatic rings. The van der Waals surface area contributed by atoms with Crippen LogP contribution in [-0.2, 0) is 6.42 Å². The van der Waals surface area contributed by atoms with Crippen molar-refractivity contribution < 1.29 is 4.74 Å². The molecule has 1 aromatic heterocycles. The molecule has 0 amide bonds. The lowest BCUT2D eigenvalue weighted by molar-refractivity contribution is 0.320. The second-order valence-electron chi connectivity index (χ2n) is 4.15. The normalized spacial score (nSPS) is 10.5. The zero-order valence-electron chi connectivity index (χ0n) is 10.2. The molecule has 0 spiro atoms. The number of thiophene rings is 1. The largest absolute Gasteiger partial charge is 0.493 e. The van der Waals surface area contributed by atoms with Gasteiger partial charge in [-0.1, -0.05) is 6.07 Å². The maximum Gasteiger partial charge on any atom is 0.122 e.